The first kappa shape index (κ1) is 32.9. The fourth-order valence-electron chi connectivity index (χ4n) is 4.15. The molecule has 2 atom stereocenters. The first-order valence-corrected chi connectivity index (χ1v) is 14.4. The average molecular weight is 591 g/mol. The van der Waals surface area contributed by atoms with Gasteiger partial charge in [-0.05, 0) is 49.1 Å². The normalized spacial score (nSPS) is 17.0. The average Bonchev–Trinajstić information content (AvgIpc) is 3.03. The number of amidine groups is 2. The Morgan fingerprint density at radius 1 is 0.860 bits per heavy atom. The van der Waals surface area contributed by atoms with E-state index in [0.29, 0.717) is 44.1 Å². The number of nitrogens with one attached hydrogen (secondary N) is 4. The molecular weight excluding hydrogens is 548 g/mol. The van der Waals surface area contributed by atoms with Crippen LogP contribution in [-0.4, -0.2) is 55.1 Å². The van der Waals surface area contributed by atoms with Gasteiger partial charge in [0.1, 0.15) is 0 Å². The number of amides is 2. The van der Waals surface area contributed by atoms with Crippen LogP contribution in [0.1, 0.15) is 68.2 Å². The van der Waals surface area contributed by atoms with Crippen LogP contribution in [0.2, 0.25) is 0 Å². The molecule has 0 spiro atoms. The lowest BCUT2D eigenvalue weighted by molar-refractivity contribution is -0.121. The Morgan fingerprint density at radius 2 is 1.40 bits per heavy atom. The van der Waals surface area contributed by atoms with Crippen LogP contribution in [0.5, 0.6) is 0 Å². The van der Waals surface area contributed by atoms with Gasteiger partial charge in [0.05, 0.1) is 0 Å². The zero-order chi connectivity index (χ0) is 30.9. The molecule has 2 unspecified atom stereocenters. The van der Waals surface area contributed by atoms with Gasteiger partial charge in [-0.1, -0.05) is 55.5 Å². The maximum absolute atomic E-state index is 12.1. The van der Waals surface area contributed by atoms with Crippen molar-refractivity contribution in [2.45, 2.75) is 59.0 Å². The molecule has 2 aromatic rings. The Bertz CT molecular complexity index is 1270. The van der Waals surface area contributed by atoms with E-state index in [1.807, 2.05) is 48.5 Å². The van der Waals surface area contributed by atoms with Gasteiger partial charge in [0.25, 0.3) is 0 Å². The van der Waals surface area contributed by atoms with Gasteiger partial charge >= 0.3 is 0 Å². The van der Waals surface area contributed by atoms with Gasteiger partial charge in [0.2, 0.25) is 12.3 Å². The van der Waals surface area contributed by atoms with Crippen molar-refractivity contribution in [2.24, 2.45) is 36.4 Å². The van der Waals surface area contributed by atoms with E-state index in [-0.39, 0.29) is 18.2 Å². The van der Waals surface area contributed by atoms with E-state index < -0.39 is 0 Å². The van der Waals surface area contributed by atoms with Crippen LogP contribution >= 0.6 is 0 Å². The molecule has 2 aromatic carbocycles. The van der Waals surface area contributed by atoms with Crippen LogP contribution in [-0.2, 0) is 22.7 Å². The molecule has 14 heteroatoms. The molecule has 4 rings (SSSR count). The standard InChI is InChI=1S/C18H29N7O.C11H13N5O/c1-3-10-25(12-9-19)11-8-17(26)20-13-15-4-6-16(7-5-15)18-23-21-14(2)22-24-18;1-8-13-15-11(16-14-8)10-4-2-9(3-5-10)6-12-7-17/h4-7,18,23H,3,8-13,19H2,1-2H3,(H,20,26);2-5,7,11,15H,6H2,1H3,(H,12,17). The number of carbonyl (C=O) groups excluding carboxylic acids is 2. The summed E-state index contributed by atoms with van der Waals surface area (Å²) in [5.74, 6) is 1.29. The highest BCUT2D eigenvalue weighted by Gasteiger charge is 2.13. The van der Waals surface area contributed by atoms with Crippen molar-refractivity contribution in [2.75, 3.05) is 26.2 Å². The molecule has 230 valence electrons. The minimum absolute atomic E-state index is 0.0553. The summed E-state index contributed by atoms with van der Waals surface area (Å²) in [6.45, 7) is 9.91. The van der Waals surface area contributed by atoms with Gasteiger partial charge in [-0.25, -0.2) is 0 Å². The van der Waals surface area contributed by atoms with Crippen molar-refractivity contribution in [3.63, 3.8) is 0 Å². The van der Waals surface area contributed by atoms with Crippen LogP contribution < -0.4 is 27.2 Å². The predicted octanol–water partition coefficient (Wildman–Crippen LogP) is 3.07. The largest absolute Gasteiger partial charge is 0.355 e. The van der Waals surface area contributed by atoms with Gasteiger partial charge in [0, 0.05) is 39.1 Å². The summed E-state index contributed by atoms with van der Waals surface area (Å²) in [5.41, 5.74) is 15.5. The number of nitrogens with two attached hydrogens (primary N) is 1. The van der Waals surface area contributed by atoms with Crippen molar-refractivity contribution in [1.82, 2.24) is 26.4 Å². The molecule has 0 radical (unpaired) electrons. The van der Waals surface area contributed by atoms with Gasteiger partial charge in [0.15, 0.2) is 24.0 Å². The van der Waals surface area contributed by atoms with Crippen molar-refractivity contribution >= 4 is 24.0 Å². The topological polar surface area (TPSA) is 186 Å². The van der Waals surface area contributed by atoms with E-state index in [9.17, 15) is 9.59 Å². The molecule has 0 aliphatic carbocycles. The second-order valence-electron chi connectivity index (χ2n) is 9.95. The molecule has 0 aromatic heterocycles. The van der Waals surface area contributed by atoms with Crippen LogP contribution in [0.15, 0.2) is 79.2 Å². The number of azo groups is 2. The third-order valence-electron chi connectivity index (χ3n) is 6.44. The maximum Gasteiger partial charge on any atom is 0.221 e. The molecule has 6 N–H and O–H groups in total. The maximum atomic E-state index is 12.1. The fraction of sp³-hybridized carbons (Fsp3) is 0.448. The molecule has 2 heterocycles. The highest BCUT2D eigenvalue weighted by atomic mass is 16.1. The Morgan fingerprint density at radius 3 is 1.84 bits per heavy atom. The molecule has 14 nitrogen and oxygen atoms in total. The van der Waals surface area contributed by atoms with Crippen molar-refractivity contribution in [1.29, 1.82) is 0 Å². The Labute approximate surface area is 252 Å². The minimum Gasteiger partial charge on any atom is -0.355 e. The molecule has 43 heavy (non-hydrogen) atoms. The van der Waals surface area contributed by atoms with Crippen molar-refractivity contribution in [3.8, 4) is 0 Å². The molecule has 2 amide bonds. The summed E-state index contributed by atoms with van der Waals surface area (Å²) in [5, 5.41) is 29.8. The second-order valence-corrected chi connectivity index (χ2v) is 9.95. The summed E-state index contributed by atoms with van der Waals surface area (Å²) in [6.07, 6.45) is 1.75. The van der Waals surface area contributed by atoms with E-state index in [0.717, 1.165) is 48.3 Å². The number of hydrogen-bond acceptors (Lipinski definition) is 12. The zero-order valence-electron chi connectivity index (χ0n) is 25.0. The van der Waals surface area contributed by atoms with Crippen LogP contribution in [0.4, 0.5) is 0 Å². The Kier molecular flexibility index (Phi) is 13.9. The lowest BCUT2D eigenvalue weighted by Gasteiger charge is -2.20. The predicted molar refractivity (Wildman–Crippen MR) is 166 cm³/mol. The molecular formula is C29H42N12O2. The number of rotatable bonds is 14. The fourth-order valence-corrected chi connectivity index (χ4v) is 4.15. The summed E-state index contributed by atoms with van der Waals surface area (Å²) in [7, 11) is 0. The zero-order valence-corrected chi connectivity index (χ0v) is 25.0. The highest BCUT2D eigenvalue weighted by Crippen LogP contribution is 2.19. The summed E-state index contributed by atoms with van der Waals surface area (Å²) in [6, 6.07) is 15.7. The van der Waals surface area contributed by atoms with E-state index in [1.165, 1.54) is 0 Å². The van der Waals surface area contributed by atoms with Gasteiger partial charge in [-0.3, -0.25) is 20.4 Å². The third-order valence-corrected chi connectivity index (χ3v) is 6.44. The second kappa shape index (κ2) is 18.1. The van der Waals surface area contributed by atoms with Crippen LogP contribution in [0.3, 0.4) is 0 Å². The lowest BCUT2D eigenvalue weighted by Crippen LogP contribution is -2.34. The summed E-state index contributed by atoms with van der Waals surface area (Å²) >= 11 is 0. The van der Waals surface area contributed by atoms with Gasteiger partial charge < -0.3 is 21.3 Å². The van der Waals surface area contributed by atoms with Crippen molar-refractivity contribution < 1.29 is 9.59 Å². The number of hydrogen-bond donors (Lipinski definition) is 5. The monoisotopic (exact) mass is 590 g/mol. The van der Waals surface area contributed by atoms with Crippen LogP contribution in [0, 0.1) is 0 Å². The molecule has 0 bridgehead atoms. The molecule has 0 fully saturated rings. The quantitative estimate of drug-likeness (QED) is 0.210. The molecule has 0 saturated carbocycles. The number of carbonyl (C=O) groups is 2. The van der Waals surface area contributed by atoms with E-state index >= 15 is 0 Å². The first-order chi connectivity index (χ1) is 20.9. The summed E-state index contributed by atoms with van der Waals surface area (Å²) < 4.78 is 0. The lowest BCUT2D eigenvalue weighted by atomic mass is 10.1. The molecule has 0 saturated heterocycles. The van der Waals surface area contributed by atoms with Gasteiger partial charge in [-0.2, -0.15) is 20.4 Å². The van der Waals surface area contributed by atoms with E-state index in [4.69, 9.17) is 5.73 Å². The Balaban J connectivity index is 0.000000257. The highest BCUT2D eigenvalue weighted by molar-refractivity contribution is 5.80. The molecule has 2 aliphatic heterocycles. The smallest absolute Gasteiger partial charge is 0.221 e. The van der Waals surface area contributed by atoms with Gasteiger partial charge in [-0.15, -0.1) is 10.2 Å². The Hall–Kier alpha value is -4.56. The van der Waals surface area contributed by atoms with Crippen molar-refractivity contribution in [3.05, 3.63) is 70.8 Å². The summed E-state index contributed by atoms with van der Waals surface area (Å²) in [4.78, 5) is 24.4. The third kappa shape index (κ3) is 11.7. The number of nitrogens with zero attached hydrogens (tertiary/aromatic N) is 7. The number of benzene rings is 2. The van der Waals surface area contributed by atoms with E-state index in [2.05, 4.69) is 64.0 Å². The number of hydrazone groups is 2. The molecule has 2 aliphatic rings. The minimum atomic E-state index is -0.255. The van der Waals surface area contributed by atoms with Crippen LogP contribution in [0.25, 0.3) is 0 Å². The SMILES string of the molecule is CC1=NNC(c2ccc(CNC=O)cc2)N=N1.CCCN(CCN)CCC(=O)NCc1ccc(C2N=NC(C)=NN2)cc1. The van der Waals surface area contributed by atoms with E-state index in [1.54, 1.807) is 13.8 Å². The first-order valence-electron chi connectivity index (χ1n) is 14.4.